The molecule has 7 heteroatoms. The van der Waals surface area contributed by atoms with E-state index in [0.717, 1.165) is 22.3 Å². The number of amides is 2. The number of carbonyl (C=O) groups excluding carboxylic acids is 2. The maximum Gasteiger partial charge on any atom is 0.407 e. The lowest BCUT2D eigenvalue weighted by Crippen LogP contribution is -2.50. The number of alkyl carbamates (subject to hydrolysis) is 1. The zero-order valence-corrected chi connectivity index (χ0v) is 17.0. The molecule has 0 saturated carbocycles. The Labute approximate surface area is 180 Å². The van der Waals surface area contributed by atoms with Gasteiger partial charge >= 0.3 is 12.1 Å². The van der Waals surface area contributed by atoms with Crippen molar-refractivity contribution in [3.8, 4) is 11.1 Å². The van der Waals surface area contributed by atoms with Crippen LogP contribution in [0.5, 0.6) is 0 Å². The molecular weight excluding hydrogens is 396 g/mol. The molecular formula is C24H24N2O5. The number of ether oxygens (including phenoxy) is 1. The number of hydrogen-bond donors (Lipinski definition) is 2. The van der Waals surface area contributed by atoms with Gasteiger partial charge in [-0.25, -0.2) is 4.79 Å². The first-order chi connectivity index (χ1) is 15.0. The molecule has 0 aromatic heterocycles. The molecule has 0 fully saturated rings. The van der Waals surface area contributed by atoms with E-state index in [0.29, 0.717) is 19.5 Å². The minimum Gasteiger partial charge on any atom is -0.481 e. The number of benzene rings is 2. The highest BCUT2D eigenvalue weighted by Crippen LogP contribution is 2.44. The van der Waals surface area contributed by atoms with Gasteiger partial charge in [-0.1, -0.05) is 60.7 Å². The molecule has 2 aliphatic rings. The minimum atomic E-state index is -1.17. The highest BCUT2D eigenvalue weighted by molar-refractivity contribution is 5.89. The summed E-state index contributed by atoms with van der Waals surface area (Å²) in [5.41, 5.74) is 4.39. The molecule has 0 saturated heterocycles. The Balaban J connectivity index is 1.43. The van der Waals surface area contributed by atoms with Gasteiger partial charge in [-0.2, -0.15) is 0 Å². The van der Waals surface area contributed by atoms with E-state index in [1.165, 1.54) is 4.90 Å². The number of rotatable bonds is 6. The first-order valence-electron chi connectivity index (χ1n) is 10.3. The Bertz CT molecular complexity index is 987. The maximum atomic E-state index is 12.7. The second-order valence-electron chi connectivity index (χ2n) is 7.66. The van der Waals surface area contributed by atoms with Crippen molar-refractivity contribution in [2.45, 2.75) is 24.8 Å². The molecule has 7 nitrogen and oxygen atoms in total. The van der Waals surface area contributed by atoms with Gasteiger partial charge in [0.1, 0.15) is 12.6 Å². The number of fused-ring (bicyclic) bond motifs is 3. The molecule has 2 N–H and O–H groups in total. The summed E-state index contributed by atoms with van der Waals surface area (Å²) in [5.74, 6) is -1.69. The van der Waals surface area contributed by atoms with Crippen LogP contribution in [0.15, 0.2) is 60.7 Å². The van der Waals surface area contributed by atoms with Gasteiger partial charge in [0.05, 0.1) is 6.42 Å². The number of nitrogens with zero attached hydrogens (tertiary/aromatic N) is 1. The second kappa shape index (κ2) is 9.04. The lowest BCUT2D eigenvalue weighted by atomic mass is 9.98. The molecule has 0 radical (unpaired) electrons. The lowest BCUT2D eigenvalue weighted by Gasteiger charge is -2.27. The summed E-state index contributed by atoms with van der Waals surface area (Å²) in [6.07, 6.45) is 3.23. The Morgan fingerprint density at radius 3 is 2.26 bits per heavy atom. The van der Waals surface area contributed by atoms with E-state index in [9.17, 15) is 19.5 Å². The largest absolute Gasteiger partial charge is 0.481 e. The average molecular weight is 420 g/mol. The molecule has 1 unspecified atom stereocenters. The van der Waals surface area contributed by atoms with Gasteiger partial charge in [-0.3, -0.25) is 9.59 Å². The van der Waals surface area contributed by atoms with Crippen molar-refractivity contribution in [2.24, 2.45) is 0 Å². The van der Waals surface area contributed by atoms with Crippen molar-refractivity contribution in [1.29, 1.82) is 0 Å². The van der Waals surface area contributed by atoms with Gasteiger partial charge in [0.25, 0.3) is 0 Å². The quantitative estimate of drug-likeness (QED) is 0.700. The second-order valence-corrected chi connectivity index (χ2v) is 7.66. The zero-order valence-electron chi connectivity index (χ0n) is 17.0. The van der Waals surface area contributed by atoms with E-state index in [-0.39, 0.29) is 12.5 Å². The van der Waals surface area contributed by atoms with Crippen LogP contribution in [0.25, 0.3) is 11.1 Å². The fourth-order valence-corrected chi connectivity index (χ4v) is 4.22. The SMILES string of the molecule is O=C(O)CC(NC(=O)OCC1c2ccccc2-c2ccccc21)C(=O)N1CC=CCC1. The van der Waals surface area contributed by atoms with Crippen LogP contribution in [-0.2, 0) is 14.3 Å². The summed E-state index contributed by atoms with van der Waals surface area (Å²) >= 11 is 0. The summed E-state index contributed by atoms with van der Waals surface area (Å²) in [5, 5.41) is 11.6. The van der Waals surface area contributed by atoms with Gasteiger partial charge in [-0.15, -0.1) is 0 Å². The predicted molar refractivity (Wildman–Crippen MR) is 115 cm³/mol. The molecule has 0 spiro atoms. The van der Waals surface area contributed by atoms with Gasteiger partial charge in [-0.05, 0) is 28.7 Å². The number of hydrogen-bond acceptors (Lipinski definition) is 4. The topological polar surface area (TPSA) is 95.9 Å². The normalized spacial score (nSPS) is 15.7. The van der Waals surface area contributed by atoms with E-state index in [4.69, 9.17) is 4.74 Å². The van der Waals surface area contributed by atoms with Crippen molar-refractivity contribution in [1.82, 2.24) is 10.2 Å². The summed E-state index contributed by atoms with van der Waals surface area (Å²) in [6.45, 7) is 0.999. The van der Waals surface area contributed by atoms with Crippen molar-refractivity contribution < 1.29 is 24.2 Å². The highest BCUT2D eigenvalue weighted by atomic mass is 16.5. The molecule has 2 aromatic carbocycles. The number of carboxylic acids is 1. The number of carboxylic acid groups (broad SMARTS) is 1. The predicted octanol–water partition coefficient (Wildman–Crippen LogP) is 3.16. The van der Waals surface area contributed by atoms with Crippen LogP contribution in [0.4, 0.5) is 4.79 Å². The van der Waals surface area contributed by atoms with Crippen LogP contribution in [-0.4, -0.2) is 53.7 Å². The maximum absolute atomic E-state index is 12.7. The molecule has 1 heterocycles. The van der Waals surface area contributed by atoms with Gasteiger partial charge < -0.3 is 20.1 Å². The lowest BCUT2D eigenvalue weighted by molar-refractivity contribution is -0.142. The molecule has 0 bridgehead atoms. The fraction of sp³-hybridized carbons (Fsp3) is 0.292. The van der Waals surface area contributed by atoms with Crippen molar-refractivity contribution in [3.05, 3.63) is 71.8 Å². The van der Waals surface area contributed by atoms with Crippen LogP contribution < -0.4 is 5.32 Å². The van der Waals surface area contributed by atoms with E-state index < -0.39 is 30.4 Å². The molecule has 2 amide bonds. The van der Waals surface area contributed by atoms with Gasteiger partial charge in [0, 0.05) is 19.0 Å². The Kier molecular flexibility index (Phi) is 6.02. The van der Waals surface area contributed by atoms with Crippen molar-refractivity contribution in [3.63, 3.8) is 0 Å². The van der Waals surface area contributed by atoms with Crippen LogP contribution in [0, 0.1) is 0 Å². The molecule has 1 atom stereocenters. The highest BCUT2D eigenvalue weighted by Gasteiger charge is 2.31. The third-order valence-electron chi connectivity index (χ3n) is 5.68. The first kappa shape index (κ1) is 20.7. The van der Waals surface area contributed by atoms with Gasteiger partial charge in [0.2, 0.25) is 5.91 Å². The molecule has 4 rings (SSSR count). The number of aliphatic carboxylic acids is 1. The Morgan fingerprint density at radius 1 is 1.03 bits per heavy atom. The van der Waals surface area contributed by atoms with E-state index >= 15 is 0 Å². The summed E-state index contributed by atoms with van der Waals surface area (Å²) < 4.78 is 5.46. The molecule has 2 aromatic rings. The number of carbonyl (C=O) groups is 3. The third kappa shape index (κ3) is 4.45. The van der Waals surface area contributed by atoms with Crippen molar-refractivity contribution in [2.75, 3.05) is 19.7 Å². The number of nitrogens with one attached hydrogen (secondary N) is 1. The minimum absolute atomic E-state index is 0.0975. The summed E-state index contributed by atoms with van der Waals surface area (Å²) in [6, 6.07) is 14.8. The fourth-order valence-electron chi connectivity index (χ4n) is 4.22. The first-order valence-corrected chi connectivity index (χ1v) is 10.3. The molecule has 1 aliphatic carbocycles. The zero-order chi connectivity index (χ0) is 21.8. The van der Waals surface area contributed by atoms with Crippen LogP contribution >= 0.6 is 0 Å². The van der Waals surface area contributed by atoms with Crippen LogP contribution in [0.1, 0.15) is 29.9 Å². The van der Waals surface area contributed by atoms with E-state index in [1.807, 2.05) is 60.7 Å². The average Bonchev–Trinajstić information content (AvgIpc) is 3.11. The Hall–Kier alpha value is -3.61. The van der Waals surface area contributed by atoms with Crippen molar-refractivity contribution >= 4 is 18.0 Å². The standard InChI is InChI=1S/C24H24N2O5/c27-22(28)14-21(23(29)26-12-6-1-7-13-26)25-24(30)31-15-20-18-10-4-2-8-16(18)17-9-3-5-11-19(17)20/h1-6,8-11,20-21H,7,12-15H2,(H,25,30)(H,27,28). The van der Waals surface area contributed by atoms with Crippen LogP contribution in [0.2, 0.25) is 0 Å². The van der Waals surface area contributed by atoms with E-state index in [2.05, 4.69) is 5.32 Å². The summed E-state index contributed by atoms with van der Waals surface area (Å²) in [4.78, 5) is 38.0. The van der Waals surface area contributed by atoms with Gasteiger partial charge in [0.15, 0.2) is 0 Å². The third-order valence-corrected chi connectivity index (χ3v) is 5.68. The van der Waals surface area contributed by atoms with E-state index in [1.54, 1.807) is 0 Å². The monoisotopic (exact) mass is 420 g/mol. The molecule has 1 aliphatic heterocycles. The Morgan fingerprint density at radius 2 is 1.68 bits per heavy atom. The summed E-state index contributed by atoms with van der Waals surface area (Å²) in [7, 11) is 0. The van der Waals surface area contributed by atoms with Crippen LogP contribution in [0.3, 0.4) is 0 Å². The molecule has 31 heavy (non-hydrogen) atoms. The molecule has 160 valence electrons. The smallest absolute Gasteiger partial charge is 0.407 e.